The Balaban J connectivity index is 2.53. The van der Waals surface area contributed by atoms with E-state index in [1.807, 2.05) is 6.07 Å². The lowest BCUT2D eigenvalue weighted by molar-refractivity contribution is 0.166. The van der Waals surface area contributed by atoms with E-state index in [4.69, 9.17) is 23.2 Å². The van der Waals surface area contributed by atoms with Crippen molar-refractivity contribution in [3.8, 4) is 0 Å². The van der Waals surface area contributed by atoms with Gasteiger partial charge in [0.25, 0.3) is 0 Å². The highest BCUT2D eigenvalue weighted by Crippen LogP contribution is 2.35. The predicted molar refractivity (Wildman–Crippen MR) is 59.0 cm³/mol. The van der Waals surface area contributed by atoms with Crippen LogP contribution >= 0.6 is 23.2 Å². The maximum Gasteiger partial charge on any atom is 0.0793 e. The quantitative estimate of drug-likeness (QED) is 0.674. The number of aliphatic hydroxyl groups is 1. The number of rotatable bonds is 0. The summed E-state index contributed by atoms with van der Waals surface area (Å²) in [6.45, 7) is 0. The molecule has 0 saturated heterocycles. The Hall–Kier alpha value is -0.240. The Morgan fingerprint density at radius 2 is 2.00 bits per heavy atom. The van der Waals surface area contributed by atoms with Gasteiger partial charge in [0.05, 0.1) is 6.10 Å². The average Bonchev–Trinajstić information content (AvgIpc) is 2.29. The monoisotopic (exact) mass is 230 g/mol. The summed E-state index contributed by atoms with van der Waals surface area (Å²) < 4.78 is 0. The number of halogens is 2. The minimum atomic E-state index is -0.399. The van der Waals surface area contributed by atoms with Gasteiger partial charge in [-0.15, -0.1) is 0 Å². The molecule has 0 aliphatic heterocycles. The van der Waals surface area contributed by atoms with Crippen LogP contribution < -0.4 is 0 Å². The Kier molecular flexibility index (Phi) is 3.01. The normalized spacial score (nSPS) is 21.5. The lowest BCUT2D eigenvalue weighted by Gasteiger charge is -2.13. The van der Waals surface area contributed by atoms with E-state index in [9.17, 15) is 5.11 Å². The third-order valence-electron chi connectivity index (χ3n) is 2.71. The van der Waals surface area contributed by atoms with Gasteiger partial charge in [0.1, 0.15) is 0 Å². The Bertz CT molecular complexity index is 349. The van der Waals surface area contributed by atoms with E-state index in [1.165, 1.54) is 0 Å². The molecule has 0 bridgehead atoms. The van der Waals surface area contributed by atoms with Gasteiger partial charge in [0.15, 0.2) is 0 Å². The van der Waals surface area contributed by atoms with Crippen LogP contribution in [-0.4, -0.2) is 5.11 Å². The fourth-order valence-corrected chi connectivity index (χ4v) is 2.58. The van der Waals surface area contributed by atoms with Crippen molar-refractivity contribution in [2.45, 2.75) is 31.8 Å². The highest BCUT2D eigenvalue weighted by atomic mass is 35.5. The van der Waals surface area contributed by atoms with Gasteiger partial charge in [0.2, 0.25) is 0 Å². The van der Waals surface area contributed by atoms with Crippen LogP contribution in [0.3, 0.4) is 0 Å². The van der Waals surface area contributed by atoms with Crippen molar-refractivity contribution in [2.24, 2.45) is 0 Å². The maximum absolute atomic E-state index is 9.87. The molecular weight excluding hydrogens is 219 g/mol. The maximum atomic E-state index is 9.87. The highest BCUT2D eigenvalue weighted by Gasteiger charge is 2.18. The summed E-state index contributed by atoms with van der Waals surface area (Å²) in [5.74, 6) is 0. The van der Waals surface area contributed by atoms with Crippen molar-refractivity contribution in [3.05, 3.63) is 33.3 Å². The zero-order valence-corrected chi connectivity index (χ0v) is 9.28. The fraction of sp³-hybridized carbons (Fsp3) is 0.455. The molecular formula is C11H12Cl2O. The van der Waals surface area contributed by atoms with Crippen LogP contribution in [0.1, 0.15) is 36.5 Å². The van der Waals surface area contributed by atoms with E-state index in [1.54, 1.807) is 6.07 Å². The third kappa shape index (κ3) is 1.90. The molecule has 14 heavy (non-hydrogen) atoms. The number of hydrogen-bond acceptors (Lipinski definition) is 1. The van der Waals surface area contributed by atoms with Crippen LogP contribution in [0, 0.1) is 0 Å². The van der Waals surface area contributed by atoms with Crippen molar-refractivity contribution in [2.75, 3.05) is 0 Å². The Labute approximate surface area is 93.7 Å². The molecule has 1 nitrogen and oxygen atoms in total. The first kappa shape index (κ1) is 10.3. The van der Waals surface area contributed by atoms with Crippen molar-refractivity contribution in [3.63, 3.8) is 0 Å². The zero-order valence-electron chi connectivity index (χ0n) is 7.76. The minimum absolute atomic E-state index is 0.399. The molecule has 0 amide bonds. The molecule has 1 aromatic carbocycles. The summed E-state index contributed by atoms with van der Waals surface area (Å²) in [7, 11) is 0. The van der Waals surface area contributed by atoms with Gasteiger partial charge in [0, 0.05) is 10.0 Å². The molecule has 1 N–H and O–H groups in total. The highest BCUT2D eigenvalue weighted by molar-refractivity contribution is 6.35. The van der Waals surface area contributed by atoms with E-state index in [0.717, 1.165) is 36.8 Å². The molecule has 76 valence electrons. The molecule has 3 heteroatoms. The number of hydrogen-bond donors (Lipinski definition) is 1. The smallest absolute Gasteiger partial charge is 0.0793 e. The van der Waals surface area contributed by atoms with E-state index < -0.39 is 6.10 Å². The Morgan fingerprint density at radius 1 is 1.21 bits per heavy atom. The van der Waals surface area contributed by atoms with Crippen LogP contribution in [0.25, 0.3) is 0 Å². The number of aliphatic hydroxyl groups excluding tert-OH is 1. The first-order valence-electron chi connectivity index (χ1n) is 4.84. The second-order valence-electron chi connectivity index (χ2n) is 3.72. The fourth-order valence-electron chi connectivity index (χ4n) is 1.98. The van der Waals surface area contributed by atoms with Crippen molar-refractivity contribution in [1.82, 2.24) is 0 Å². The van der Waals surface area contributed by atoms with Crippen LogP contribution in [0.4, 0.5) is 0 Å². The lowest BCUT2D eigenvalue weighted by atomic mass is 10.0. The van der Waals surface area contributed by atoms with Crippen molar-refractivity contribution < 1.29 is 5.11 Å². The SMILES string of the molecule is O[C@H]1CCCCc2c(Cl)cc(Cl)cc21. The average molecular weight is 231 g/mol. The van der Waals surface area contributed by atoms with Crippen LogP contribution in [0.5, 0.6) is 0 Å². The molecule has 0 unspecified atom stereocenters. The molecule has 1 aromatic rings. The predicted octanol–water partition coefficient (Wildman–Crippen LogP) is 3.75. The molecule has 0 heterocycles. The third-order valence-corrected chi connectivity index (χ3v) is 3.26. The summed E-state index contributed by atoms with van der Waals surface area (Å²) in [5.41, 5.74) is 1.99. The van der Waals surface area contributed by atoms with Gasteiger partial charge < -0.3 is 5.11 Å². The van der Waals surface area contributed by atoms with E-state index in [2.05, 4.69) is 0 Å². The molecule has 0 fully saturated rings. The summed E-state index contributed by atoms with van der Waals surface area (Å²) in [4.78, 5) is 0. The van der Waals surface area contributed by atoms with Gasteiger partial charge >= 0.3 is 0 Å². The molecule has 0 radical (unpaired) electrons. The Morgan fingerprint density at radius 3 is 2.79 bits per heavy atom. The summed E-state index contributed by atoms with van der Waals surface area (Å²) in [6.07, 6.45) is 3.49. The number of fused-ring (bicyclic) bond motifs is 1. The van der Waals surface area contributed by atoms with Crippen molar-refractivity contribution in [1.29, 1.82) is 0 Å². The number of benzene rings is 1. The lowest BCUT2D eigenvalue weighted by Crippen LogP contribution is -1.99. The van der Waals surface area contributed by atoms with Gasteiger partial charge in [-0.2, -0.15) is 0 Å². The molecule has 2 rings (SSSR count). The molecule has 0 saturated carbocycles. The van der Waals surface area contributed by atoms with Gasteiger partial charge in [-0.3, -0.25) is 0 Å². The van der Waals surface area contributed by atoms with E-state index >= 15 is 0 Å². The van der Waals surface area contributed by atoms with Gasteiger partial charge in [-0.1, -0.05) is 29.6 Å². The summed E-state index contributed by atoms with van der Waals surface area (Å²) in [5, 5.41) is 11.2. The topological polar surface area (TPSA) is 20.2 Å². The second kappa shape index (κ2) is 4.09. The first-order valence-corrected chi connectivity index (χ1v) is 5.60. The van der Waals surface area contributed by atoms with Gasteiger partial charge in [-0.05, 0) is 42.5 Å². The molecule has 1 atom stereocenters. The van der Waals surface area contributed by atoms with E-state index in [0.29, 0.717) is 10.0 Å². The zero-order chi connectivity index (χ0) is 10.1. The largest absolute Gasteiger partial charge is 0.388 e. The first-order chi connectivity index (χ1) is 6.68. The molecule has 1 aliphatic carbocycles. The van der Waals surface area contributed by atoms with Crippen LogP contribution in [0.15, 0.2) is 12.1 Å². The summed E-state index contributed by atoms with van der Waals surface area (Å²) in [6, 6.07) is 3.58. The van der Waals surface area contributed by atoms with E-state index in [-0.39, 0.29) is 0 Å². The van der Waals surface area contributed by atoms with Crippen LogP contribution in [-0.2, 0) is 6.42 Å². The van der Waals surface area contributed by atoms with Gasteiger partial charge in [-0.25, -0.2) is 0 Å². The second-order valence-corrected chi connectivity index (χ2v) is 4.56. The molecule has 1 aliphatic rings. The van der Waals surface area contributed by atoms with Crippen molar-refractivity contribution >= 4 is 23.2 Å². The minimum Gasteiger partial charge on any atom is -0.388 e. The summed E-state index contributed by atoms with van der Waals surface area (Å²) >= 11 is 12.0. The standard InChI is InChI=1S/C11H12Cl2O/c12-7-5-9-8(10(13)6-7)3-1-2-4-11(9)14/h5-6,11,14H,1-4H2/t11-/m0/s1. The molecule has 0 spiro atoms. The molecule has 0 aromatic heterocycles. The van der Waals surface area contributed by atoms with Crippen LogP contribution in [0.2, 0.25) is 10.0 Å².